The lowest BCUT2D eigenvalue weighted by atomic mass is 10.2. The summed E-state index contributed by atoms with van der Waals surface area (Å²) in [5.74, 6) is 1.27. The lowest BCUT2D eigenvalue weighted by Crippen LogP contribution is -2.13. The Labute approximate surface area is 76.9 Å². The quantitative estimate of drug-likeness (QED) is 0.649. The molecule has 70 valence electrons. The van der Waals surface area contributed by atoms with E-state index < -0.39 is 0 Å². The summed E-state index contributed by atoms with van der Waals surface area (Å²) in [6, 6.07) is 0. The summed E-state index contributed by atoms with van der Waals surface area (Å²) in [7, 11) is 1.60. The zero-order chi connectivity index (χ0) is 9.26. The Bertz CT molecular complexity index is 326. The van der Waals surface area contributed by atoms with Gasteiger partial charge in [0, 0.05) is 0 Å². The van der Waals surface area contributed by atoms with Crippen LogP contribution in [0.25, 0.3) is 0 Å². The van der Waals surface area contributed by atoms with E-state index in [0.29, 0.717) is 11.8 Å². The fraction of sp³-hybridized carbons (Fsp3) is 0.556. The summed E-state index contributed by atoms with van der Waals surface area (Å²) in [6.07, 6.45) is 1.94. The number of methoxy groups -OCH3 is 1. The fourth-order valence-electron chi connectivity index (χ4n) is 1.40. The molecule has 4 heteroatoms. The largest absolute Gasteiger partial charge is 0.480 e. The molecule has 13 heavy (non-hydrogen) atoms. The van der Waals surface area contributed by atoms with Crippen molar-refractivity contribution >= 4 is 0 Å². The van der Waals surface area contributed by atoms with Crippen molar-refractivity contribution in [1.29, 1.82) is 0 Å². The highest BCUT2D eigenvalue weighted by molar-refractivity contribution is 5.29. The highest BCUT2D eigenvalue weighted by atomic mass is 16.5. The third-order valence-electron chi connectivity index (χ3n) is 2.05. The summed E-state index contributed by atoms with van der Waals surface area (Å²) in [4.78, 5) is 8.60. The van der Waals surface area contributed by atoms with Crippen molar-refractivity contribution in [2.45, 2.75) is 19.8 Å². The van der Waals surface area contributed by atoms with E-state index >= 15 is 0 Å². The minimum Gasteiger partial charge on any atom is -0.480 e. The molecule has 0 radical (unpaired) electrons. The van der Waals surface area contributed by atoms with Crippen LogP contribution in [0.1, 0.15) is 17.8 Å². The minimum absolute atomic E-state index is 0.601. The van der Waals surface area contributed by atoms with Gasteiger partial charge in [-0.25, -0.2) is 9.97 Å². The average molecular weight is 180 g/mol. The van der Waals surface area contributed by atoms with Gasteiger partial charge in [0.1, 0.15) is 11.4 Å². The lowest BCUT2D eigenvalue weighted by molar-refractivity contribution is 0.267. The molecule has 0 fully saturated rings. The van der Waals surface area contributed by atoms with Crippen LogP contribution in [-0.4, -0.2) is 23.7 Å². The first-order valence-electron chi connectivity index (χ1n) is 4.35. The SMILES string of the molecule is COc1nc2c(nc1C)OCCC2. The zero-order valence-electron chi connectivity index (χ0n) is 7.83. The molecule has 0 spiro atoms. The Morgan fingerprint density at radius 2 is 2.23 bits per heavy atom. The molecule has 0 aliphatic carbocycles. The van der Waals surface area contributed by atoms with Crippen LogP contribution >= 0.6 is 0 Å². The molecule has 1 aliphatic heterocycles. The van der Waals surface area contributed by atoms with Crippen LogP contribution in [-0.2, 0) is 6.42 Å². The highest BCUT2D eigenvalue weighted by Crippen LogP contribution is 2.24. The normalized spacial score (nSPS) is 14.6. The first kappa shape index (κ1) is 8.29. The Kier molecular flexibility index (Phi) is 2.04. The van der Waals surface area contributed by atoms with Gasteiger partial charge in [-0.1, -0.05) is 0 Å². The van der Waals surface area contributed by atoms with Crippen LogP contribution in [0.3, 0.4) is 0 Å². The molecular formula is C9H12N2O2. The molecule has 0 saturated heterocycles. The molecule has 0 N–H and O–H groups in total. The lowest BCUT2D eigenvalue weighted by Gasteiger charge is -2.16. The Balaban J connectivity index is 2.44. The standard InChI is InChI=1S/C9H12N2O2/c1-6-8(12-2)11-7-4-3-5-13-9(7)10-6/h3-5H2,1-2H3. The van der Waals surface area contributed by atoms with Crippen LogP contribution in [0.4, 0.5) is 0 Å². The molecule has 0 aromatic carbocycles. The molecule has 1 aromatic rings. The van der Waals surface area contributed by atoms with Crippen molar-refractivity contribution in [1.82, 2.24) is 9.97 Å². The van der Waals surface area contributed by atoms with Gasteiger partial charge < -0.3 is 9.47 Å². The van der Waals surface area contributed by atoms with Gasteiger partial charge in [-0.05, 0) is 19.8 Å². The van der Waals surface area contributed by atoms with Crippen LogP contribution in [0, 0.1) is 6.92 Å². The first-order chi connectivity index (χ1) is 6.31. The summed E-state index contributed by atoms with van der Waals surface area (Å²) >= 11 is 0. The van der Waals surface area contributed by atoms with Crippen molar-refractivity contribution in [3.8, 4) is 11.8 Å². The molecule has 1 aromatic heterocycles. The predicted molar refractivity (Wildman–Crippen MR) is 47.1 cm³/mol. The third-order valence-corrected chi connectivity index (χ3v) is 2.05. The van der Waals surface area contributed by atoms with Gasteiger partial charge in [-0.15, -0.1) is 0 Å². The van der Waals surface area contributed by atoms with E-state index in [2.05, 4.69) is 9.97 Å². The molecule has 2 rings (SSSR count). The van der Waals surface area contributed by atoms with E-state index in [9.17, 15) is 0 Å². The number of nitrogens with zero attached hydrogens (tertiary/aromatic N) is 2. The van der Waals surface area contributed by atoms with E-state index in [4.69, 9.17) is 9.47 Å². The smallest absolute Gasteiger partial charge is 0.236 e. The number of hydrogen-bond donors (Lipinski definition) is 0. The molecule has 0 amide bonds. The van der Waals surface area contributed by atoms with Crippen molar-refractivity contribution in [3.05, 3.63) is 11.4 Å². The number of aromatic nitrogens is 2. The number of hydrogen-bond acceptors (Lipinski definition) is 4. The second-order valence-corrected chi connectivity index (χ2v) is 3.02. The highest BCUT2D eigenvalue weighted by Gasteiger charge is 2.16. The second kappa shape index (κ2) is 3.20. The van der Waals surface area contributed by atoms with Crippen molar-refractivity contribution < 1.29 is 9.47 Å². The molecule has 0 saturated carbocycles. The maximum absolute atomic E-state index is 5.37. The number of rotatable bonds is 1. The van der Waals surface area contributed by atoms with Gasteiger partial charge in [0.15, 0.2) is 0 Å². The van der Waals surface area contributed by atoms with Gasteiger partial charge in [-0.3, -0.25) is 0 Å². The van der Waals surface area contributed by atoms with Gasteiger partial charge in [0.05, 0.1) is 13.7 Å². The molecule has 1 aliphatic rings. The zero-order valence-corrected chi connectivity index (χ0v) is 7.83. The molecular weight excluding hydrogens is 168 g/mol. The Morgan fingerprint density at radius 3 is 3.00 bits per heavy atom. The van der Waals surface area contributed by atoms with Gasteiger partial charge in [0.2, 0.25) is 11.8 Å². The number of ether oxygens (including phenoxy) is 2. The molecule has 0 bridgehead atoms. The number of aryl methyl sites for hydroxylation is 2. The van der Waals surface area contributed by atoms with Gasteiger partial charge >= 0.3 is 0 Å². The van der Waals surface area contributed by atoms with Crippen molar-refractivity contribution in [2.75, 3.05) is 13.7 Å². The maximum atomic E-state index is 5.37. The summed E-state index contributed by atoms with van der Waals surface area (Å²) in [5, 5.41) is 0. The van der Waals surface area contributed by atoms with Gasteiger partial charge in [0.25, 0.3) is 0 Å². The molecule has 0 atom stereocenters. The monoisotopic (exact) mass is 180 g/mol. The summed E-state index contributed by atoms with van der Waals surface area (Å²) in [5.41, 5.74) is 1.69. The summed E-state index contributed by atoms with van der Waals surface area (Å²) in [6.45, 7) is 2.61. The molecule has 4 nitrogen and oxygen atoms in total. The van der Waals surface area contributed by atoms with Crippen LogP contribution in [0.5, 0.6) is 11.8 Å². The van der Waals surface area contributed by atoms with Crippen LogP contribution in [0.15, 0.2) is 0 Å². The maximum Gasteiger partial charge on any atom is 0.236 e. The van der Waals surface area contributed by atoms with E-state index in [1.54, 1.807) is 7.11 Å². The van der Waals surface area contributed by atoms with E-state index in [0.717, 1.165) is 30.8 Å². The third kappa shape index (κ3) is 1.43. The van der Waals surface area contributed by atoms with E-state index in [1.165, 1.54) is 0 Å². The van der Waals surface area contributed by atoms with Crippen LogP contribution < -0.4 is 9.47 Å². The van der Waals surface area contributed by atoms with Gasteiger partial charge in [-0.2, -0.15) is 0 Å². The summed E-state index contributed by atoms with van der Waals surface area (Å²) < 4.78 is 10.5. The Morgan fingerprint density at radius 1 is 1.38 bits per heavy atom. The average Bonchev–Trinajstić information content (AvgIpc) is 2.17. The van der Waals surface area contributed by atoms with E-state index in [1.807, 2.05) is 6.92 Å². The number of fused-ring (bicyclic) bond motifs is 1. The second-order valence-electron chi connectivity index (χ2n) is 3.02. The topological polar surface area (TPSA) is 44.2 Å². The molecule has 2 heterocycles. The predicted octanol–water partition coefficient (Wildman–Crippen LogP) is 1.12. The van der Waals surface area contributed by atoms with Crippen LogP contribution in [0.2, 0.25) is 0 Å². The van der Waals surface area contributed by atoms with Crippen molar-refractivity contribution in [2.24, 2.45) is 0 Å². The van der Waals surface area contributed by atoms with Crippen molar-refractivity contribution in [3.63, 3.8) is 0 Å². The Hall–Kier alpha value is -1.32. The van der Waals surface area contributed by atoms with E-state index in [-0.39, 0.29) is 0 Å². The minimum atomic E-state index is 0.601. The first-order valence-corrected chi connectivity index (χ1v) is 4.35. The molecule has 0 unspecified atom stereocenters. The fourth-order valence-corrected chi connectivity index (χ4v) is 1.40.